The predicted molar refractivity (Wildman–Crippen MR) is 65.4 cm³/mol. The summed E-state index contributed by atoms with van der Waals surface area (Å²) in [6.07, 6.45) is 8.96. The van der Waals surface area contributed by atoms with Gasteiger partial charge in [-0.15, -0.1) is 0 Å². The molecule has 2 bridgehead atoms. The lowest BCUT2D eigenvalue weighted by Gasteiger charge is -2.17. The molecule has 1 aliphatic heterocycles. The minimum Gasteiger partial charge on any atom is -0.375 e. The van der Waals surface area contributed by atoms with Crippen LogP contribution in [0.5, 0.6) is 0 Å². The summed E-state index contributed by atoms with van der Waals surface area (Å²) in [5.41, 5.74) is 1.45. The number of ether oxygens (including phenoxy) is 1. The standard InChI is InChI=1S/C15H20O/c1-2-5-12(6-3-1)9-10-15-13-7-4-8-14(11-13)16-15/h1-3,5-6,13-15H,4,7-11H2. The molecule has 1 aliphatic carbocycles. The summed E-state index contributed by atoms with van der Waals surface area (Å²) in [7, 11) is 0. The van der Waals surface area contributed by atoms with Gasteiger partial charge in [-0.3, -0.25) is 0 Å². The number of fused-ring (bicyclic) bond motifs is 2. The number of rotatable bonds is 3. The topological polar surface area (TPSA) is 9.23 Å². The van der Waals surface area contributed by atoms with Crippen molar-refractivity contribution in [1.82, 2.24) is 0 Å². The summed E-state index contributed by atoms with van der Waals surface area (Å²) in [6.45, 7) is 0. The second-order valence-electron chi connectivity index (χ2n) is 5.25. The Kier molecular flexibility index (Phi) is 2.96. The first-order valence-electron chi connectivity index (χ1n) is 6.61. The summed E-state index contributed by atoms with van der Waals surface area (Å²) in [6, 6.07) is 10.8. The van der Waals surface area contributed by atoms with Gasteiger partial charge in [0, 0.05) is 0 Å². The van der Waals surface area contributed by atoms with Crippen LogP contribution in [0.3, 0.4) is 0 Å². The van der Waals surface area contributed by atoms with E-state index in [1.165, 1.54) is 44.1 Å². The second kappa shape index (κ2) is 4.58. The van der Waals surface area contributed by atoms with Gasteiger partial charge in [-0.1, -0.05) is 36.8 Å². The normalized spacial score (nSPS) is 32.9. The molecular weight excluding hydrogens is 196 g/mol. The fraction of sp³-hybridized carbons (Fsp3) is 0.600. The molecule has 1 saturated heterocycles. The Morgan fingerprint density at radius 1 is 1.12 bits per heavy atom. The highest BCUT2D eigenvalue weighted by molar-refractivity contribution is 5.14. The Morgan fingerprint density at radius 2 is 2.00 bits per heavy atom. The lowest BCUT2D eigenvalue weighted by atomic mass is 9.85. The fourth-order valence-electron chi connectivity index (χ4n) is 3.26. The molecule has 2 fully saturated rings. The quantitative estimate of drug-likeness (QED) is 0.750. The van der Waals surface area contributed by atoms with Gasteiger partial charge >= 0.3 is 0 Å². The zero-order valence-electron chi connectivity index (χ0n) is 9.77. The maximum absolute atomic E-state index is 6.11. The van der Waals surface area contributed by atoms with Gasteiger partial charge < -0.3 is 4.74 Å². The predicted octanol–water partition coefficient (Wildman–Crippen LogP) is 3.58. The average molecular weight is 216 g/mol. The van der Waals surface area contributed by atoms with Crippen LogP contribution in [0.4, 0.5) is 0 Å². The number of aryl methyl sites for hydroxylation is 1. The molecule has 1 aromatic carbocycles. The van der Waals surface area contributed by atoms with E-state index in [-0.39, 0.29) is 0 Å². The van der Waals surface area contributed by atoms with E-state index in [1.807, 2.05) is 0 Å². The molecule has 1 nitrogen and oxygen atoms in total. The van der Waals surface area contributed by atoms with Crippen LogP contribution in [0.25, 0.3) is 0 Å². The molecule has 3 atom stereocenters. The van der Waals surface area contributed by atoms with E-state index < -0.39 is 0 Å². The van der Waals surface area contributed by atoms with Crippen LogP contribution < -0.4 is 0 Å². The second-order valence-corrected chi connectivity index (χ2v) is 5.25. The molecule has 2 aliphatic rings. The van der Waals surface area contributed by atoms with Gasteiger partial charge in [0.05, 0.1) is 12.2 Å². The molecule has 0 aromatic heterocycles. The molecular formula is C15H20O. The van der Waals surface area contributed by atoms with Crippen molar-refractivity contribution in [3.8, 4) is 0 Å². The van der Waals surface area contributed by atoms with E-state index in [9.17, 15) is 0 Å². The third-order valence-corrected chi connectivity index (χ3v) is 4.12. The van der Waals surface area contributed by atoms with Crippen LogP contribution in [0.1, 0.15) is 37.7 Å². The molecule has 86 valence electrons. The first-order valence-corrected chi connectivity index (χ1v) is 6.61. The Bertz CT molecular complexity index is 333. The van der Waals surface area contributed by atoms with E-state index >= 15 is 0 Å². The van der Waals surface area contributed by atoms with Crippen molar-refractivity contribution in [3.63, 3.8) is 0 Å². The van der Waals surface area contributed by atoms with Crippen LogP contribution in [-0.2, 0) is 11.2 Å². The molecule has 3 unspecified atom stereocenters. The van der Waals surface area contributed by atoms with Crippen LogP contribution >= 0.6 is 0 Å². The smallest absolute Gasteiger partial charge is 0.0611 e. The minimum atomic E-state index is 0.549. The molecule has 0 N–H and O–H groups in total. The van der Waals surface area contributed by atoms with Gasteiger partial charge in [-0.2, -0.15) is 0 Å². The molecule has 0 amide bonds. The van der Waals surface area contributed by atoms with Crippen molar-refractivity contribution < 1.29 is 4.74 Å². The maximum Gasteiger partial charge on any atom is 0.0611 e. The van der Waals surface area contributed by atoms with Gasteiger partial charge in [0.2, 0.25) is 0 Å². The van der Waals surface area contributed by atoms with Crippen molar-refractivity contribution in [2.75, 3.05) is 0 Å². The lowest BCUT2D eigenvalue weighted by Crippen LogP contribution is -2.16. The summed E-state index contributed by atoms with van der Waals surface area (Å²) >= 11 is 0. The zero-order chi connectivity index (χ0) is 10.8. The van der Waals surface area contributed by atoms with E-state index in [1.54, 1.807) is 0 Å². The van der Waals surface area contributed by atoms with Crippen LogP contribution in [-0.4, -0.2) is 12.2 Å². The van der Waals surface area contributed by atoms with Crippen LogP contribution in [0, 0.1) is 5.92 Å². The molecule has 1 heteroatoms. The lowest BCUT2D eigenvalue weighted by molar-refractivity contribution is 0.0365. The molecule has 3 rings (SSSR count). The van der Waals surface area contributed by atoms with Crippen molar-refractivity contribution in [1.29, 1.82) is 0 Å². The van der Waals surface area contributed by atoms with Crippen LogP contribution in [0.2, 0.25) is 0 Å². The molecule has 16 heavy (non-hydrogen) atoms. The Labute approximate surface area is 97.8 Å². The van der Waals surface area contributed by atoms with Gasteiger partial charge in [-0.05, 0) is 43.6 Å². The largest absolute Gasteiger partial charge is 0.375 e. The first-order chi connectivity index (χ1) is 7.92. The SMILES string of the molecule is c1ccc(CCC2OC3CCCC2C3)cc1. The summed E-state index contributed by atoms with van der Waals surface area (Å²) in [4.78, 5) is 0. The van der Waals surface area contributed by atoms with Crippen molar-refractivity contribution in [3.05, 3.63) is 35.9 Å². The molecule has 0 spiro atoms. The number of benzene rings is 1. The molecule has 1 saturated carbocycles. The van der Waals surface area contributed by atoms with E-state index in [4.69, 9.17) is 4.74 Å². The first kappa shape index (κ1) is 10.3. The van der Waals surface area contributed by atoms with Crippen LogP contribution in [0.15, 0.2) is 30.3 Å². The maximum atomic E-state index is 6.11. The van der Waals surface area contributed by atoms with E-state index in [0.717, 1.165) is 5.92 Å². The molecule has 1 aromatic rings. The highest BCUT2D eigenvalue weighted by atomic mass is 16.5. The minimum absolute atomic E-state index is 0.549. The summed E-state index contributed by atoms with van der Waals surface area (Å²) in [5, 5.41) is 0. The zero-order valence-corrected chi connectivity index (χ0v) is 9.77. The van der Waals surface area contributed by atoms with Crippen molar-refractivity contribution in [2.24, 2.45) is 5.92 Å². The third kappa shape index (κ3) is 2.15. The summed E-state index contributed by atoms with van der Waals surface area (Å²) < 4.78 is 6.11. The summed E-state index contributed by atoms with van der Waals surface area (Å²) in [5.74, 6) is 0.863. The van der Waals surface area contributed by atoms with E-state index in [0.29, 0.717) is 12.2 Å². The van der Waals surface area contributed by atoms with Crippen molar-refractivity contribution >= 4 is 0 Å². The van der Waals surface area contributed by atoms with Crippen molar-refractivity contribution in [2.45, 2.75) is 50.7 Å². The molecule has 1 heterocycles. The van der Waals surface area contributed by atoms with Gasteiger partial charge in [0.25, 0.3) is 0 Å². The van der Waals surface area contributed by atoms with E-state index in [2.05, 4.69) is 30.3 Å². The monoisotopic (exact) mass is 216 g/mol. The average Bonchev–Trinajstić information content (AvgIpc) is 2.63. The molecule has 0 radical (unpaired) electrons. The Hall–Kier alpha value is -0.820. The number of hydrogen-bond acceptors (Lipinski definition) is 1. The Balaban J connectivity index is 1.56. The van der Waals surface area contributed by atoms with Gasteiger partial charge in [-0.25, -0.2) is 0 Å². The highest BCUT2D eigenvalue weighted by Crippen LogP contribution is 2.39. The Morgan fingerprint density at radius 3 is 2.81 bits per heavy atom. The van der Waals surface area contributed by atoms with Gasteiger partial charge in [0.15, 0.2) is 0 Å². The van der Waals surface area contributed by atoms with Gasteiger partial charge in [0.1, 0.15) is 0 Å². The fourth-order valence-corrected chi connectivity index (χ4v) is 3.26. The number of hydrogen-bond donors (Lipinski definition) is 0. The third-order valence-electron chi connectivity index (χ3n) is 4.12. The highest BCUT2D eigenvalue weighted by Gasteiger charge is 2.37.